The number of halogens is 1. The van der Waals surface area contributed by atoms with Gasteiger partial charge in [-0.2, -0.15) is 0 Å². The first kappa shape index (κ1) is 15.9. The third-order valence-corrected chi connectivity index (χ3v) is 4.30. The molecule has 0 saturated heterocycles. The molecule has 3 rings (SSSR count). The molecule has 0 atom stereocenters. The minimum Gasteiger partial charge on any atom is -0.309 e. The third kappa shape index (κ3) is 3.70. The fraction of sp³-hybridized carbons (Fsp3) is 0.357. The molecule has 0 amide bonds. The lowest BCUT2D eigenvalue weighted by Crippen LogP contribution is -2.12. The normalized spacial score (nSPS) is 11.5. The Morgan fingerprint density at radius 2 is 2.22 bits per heavy atom. The smallest absolute Gasteiger partial charge is 0.258 e. The minimum atomic E-state index is -0.199. The molecule has 0 aliphatic carbocycles. The van der Waals surface area contributed by atoms with Crippen LogP contribution in [0, 0.1) is 5.92 Å². The molecule has 1 aromatic carbocycles. The van der Waals surface area contributed by atoms with Gasteiger partial charge in [-0.15, -0.1) is 5.10 Å². The Balaban J connectivity index is 1.81. The van der Waals surface area contributed by atoms with E-state index in [0.29, 0.717) is 38.6 Å². The molecule has 23 heavy (non-hydrogen) atoms. The Kier molecular flexibility index (Phi) is 4.63. The van der Waals surface area contributed by atoms with Crippen LogP contribution in [0.1, 0.15) is 19.7 Å². The summed E-state index contributed by atoms with van der Waals surface area (Å²) < 4.78 is 1.76. The number of benzene rings is 1. The van der Waals surface area contributed by atoms with Crippen LogP contribution in [0.15, 0.2) is 28.2 Å². The van der Waals surface area contributed by atoms with Gasteiger partial charge in [0.25, 0.3) is 5.56 Å². The topological polar surface area (TPSA) is 89.3 Å². The second kappa shape index (κ2) is 6.67. The van der Waals surface area contributed by atoms with Gasteiger partial charge in [-0.1, -0.05) is 37.2 Å². The van der Waals surface area contributed by atoms with Crippen molar-refractivity contribution in [3.63, 3.8) is 0 Å². The predicted molar refractivity (Wildman–Crippen MR) is 89.6 cm³/mol. The number of nitrogens with zero attached hydrogens (tertiary/aromatic N) is 5. The molecule has 0 unspecified atom stereocenters. The summed E-state index contributed by atoms with van der Waals surface area (Å²) >= 11 is 7.35. The van der Waals surface area contributed by atoms with Crippen molar-refractivity contribution in [1.29, 1.82) is 0 Å². The zero-order valence-electron chi connectivity index (χ0n) is 12.7. The molecule has 0 fully saturated rings. The molecule has 0 aliphatic rings. The van der Waals surface area contributed by atoms with Crippen LogP contribution in [0.3, 0.4) is 0 Å². The minimum absolute atomic E-state index is 0.199. The fourth-order valence-corrected chi connectivity index (χ4v) is 3.05. The van der Waals surface area contributed by atoms with Gasteiger partial charge < -0.3 is 4.98 Å². The third-order valence-electron chi connectivity index (χ3n) is 3.09. The lowest BCUT2D eigenvalue weighted by atomic mass is 10.2. The Bertz CT molecular complexity index is 890. The zero-order valence-corrected chi connectivity index (χ0v) is 14.2. The average molecular weight is 351 g/mol. The first-order chi connectivity index (χ1) is 11.0. The second-order valence-electron chi connectivity index (χ2n) is 5.50. The van der Waals surface area contributed by atoms with Gasteiger partial charge in [-0.25, -0.2) is 9.67 Å². The highest BCUT2D eigenvalue weighted by Gasteiger charge is 2.10. The molecule has 0 aliphatic heterocycles. The van der Waals surface area contributed by atoms with E-state index in [-0.39, 0.29) is 5.56 Å². The Labute approximate surface area is 141 Å². The molecule has 0 bridgehead atoms. The fourth-order valence-electron chi connectivity index (χ4n) is 2.12. The molecule has 0 radical (unpaired) electrons. The maximum absolute atomic E-state index is 12.1. The molecular formula is C14H15ClN6OS. The highest BCUT2D eigenvalue weighted by molar-refractivity contribution is 7.98. The van der Waals surface area contributed by atoms with Crippen LogP contribution in [-0.2, 0) is 12.3 Å². The number of H-pyrrole nitrogens is 1. The number of hydrogen-bond acceptors (Lipinski definition) is 6. The number of fused-ring (bicyclic) bond motifs is 1. The average Bonchev–Trinajstić information content (AvgIpc) is 2.92. The van der Waals surface area contributed by atoms with Crippen LogP contribution in [0.5, 0.6) is 0 Å². The summed E-state index contributed by atoms with van der Waals surface area (Å²) in [5, 5.41) is 13.4. The van der Waals surface area contributed by atoms with Gasteiger partial charge in [-0.05, 0) is 34.5 Å². The second-order valence-corrected chi connectivity index (χ2v) is 6.88. The van der Waals surface area contributed by atoms with Gasteiger partial charge in [-0.3, -0.25) is 4.79 Å². The summed E-state index contributed by atoms with van der Waals surface area (Å²) in [6.45, 7) is 4.95. The maximum atomic E-state index is 12.1. The SMILES string of the molecule is CC(C)Cn1nnnc1SCc1nc2ccc(Cl)cc2c(=O)[nH]1. The number of rotatable bonds is 5. The van der Waals surface area contributed by atoms with Crippen molar-refractivity contribution in [2.45, 2.75) is 31.3 Å². The summed E-state index contributed by atoms with van der Waals surface area (Å²) in [7, 11) is 0. The summed E-state index contributed by atoms with van der Waals surface area (Å²) in [5.41, 5.74) is 0.422. The van der Waals surface area contributed by atoms with E-state index in [1.54, 1.807) is 22.9 Å². The van der Waals surface area contributed by atoms with Crippen molar-refractivity contribution in [3.05, 3.63) is 39.4 Å². The first-order valence-electron chi connectivity index (χ1n) is 7.10. The van der Waals surface area contributed by atoms with Crippen LogP contribution >= 0.6 is 23.4 Å². The van der Waals surface area contributed by atoms with Crippen molar-refractivity contribution in [3.8, 4) is 0 Å². The molecule has 0 spiro atoms. The van der Waals surface area contributed by atoms with Crippen LogP contribution in [0.25, 0.3) is 10.9 Å². The summed E-state index contributed by atoms with van der Waals surface area (Å²) in [5.74, 6) is 1.50. The number of hydrogen-bond donors (Lipinski definition) is 1. The molecule has 7 nitrogen and oxygen atoms in total. The summed E-state index contributed by atoms with van der Waals surface area (Å²) in [6.07, 6.45) is 0. The number of aromatic amines is 1. The first-order valence-corrected chi connectivity index (χ1v) is 8.46. The van der Waals surface area contributed by atoms with E-state index in [9.17, 15) is 4.79 Å². The maximum Gasteiger partial charge on any atom is 0.258 e. The van der Waals surface area contributed by atoms with E-state index in [0.717, 1.165) is 6.54 Å². The van der Waals surface area contributed by atoms with Crippen molar-refractivity contribution < 1.29 is 0 Å². The van der Waals surface area contributed by atoms with Crippen molar-refractivity contribution in [2.75, 3.05) is 0 Å². The van der Waals surface area contributed by atoms with Crippen LogP contribution in [-0.4, -0.2) is 30.2 Å². The lowest BCUT2D eigenvalue weighted by Gasteiger charge is -2.06. The largest absolute Gasteiger partial charge is 0.309 e. The summed E-state index contributed by atoms with van der Waals surface area (Å²) in [4.78, 5) is 19.3. The van der Waals surface area contributed by atoms with E-state index in [4.69, 9.17) is 11.6 Å². The Hall–Kier alpha value is -1.93. The highest BCUT2D eigenvalue weighted by Crippen LogP contribution is 2.20. The predicted octanol–water partition coefficient (Wildman–Crippen LogP) is 2.51. The number of tetrazole rings is 1. The quantitative estimate of drug-likeness (QED) is 0.711. The Morgan fingerprint density at radius 1 is 1.39 bits per heavy atom. The van der Waals surface area contributed by atoms with Gasteiger partial charge >= 0.3 is 0 Å². The van der Waals surface area contributed by atoms with Gasteiger partial charge in [0.15, 0.2) is 0 Å². The van der Waals surface area contributed by atoms with Gasteiger partial charge in [0, 0.05) is 11.6 Å². The van der Waals surface area contributed by atoms with Gasteiger partial charge in [0.2, 0.25) is 5.16 Å². The molecule has 0 saturated carbocycles. The van der Waals surface area contributed by atoms with Gasteiger partial charge in [0.1, 0.15) is 5.82 Å². The molecule has 2 aromatic heterocycles. The van der Waals surface area contributed by atoms with E-state index >= 15 is 0 Å². The molecule has 9 heteroatoms. The van der Waals surface area contributed by atoms with Crippen molar-refractivity contribution in [2.24, 2.45) is 5.92 Å². The molecular weight excluding hydrogens is 336 g/mol. The molecule has 1 N–H and O–H groups in total. The van der Waals surface area contributed by atoms with Crippen LogP contribution in [0.4, 0.5) is 0 Å². The monoisotopic (exact) mass is 350 g/mol. The standard InChI is InChI=1S/C14H15ClN6OS/c1-8(2)6-21-14(18-19-20-21)23-7-12-16-11-4-3-9(15)5-10(11)13(22)17-12/h3-5,8H,6-7H2,1-2H3,(H,16,17,22). The van der Waals surface area contributed by atoms with Gasteiger partial charge in [0.05, 0.1) is 16.7 Å². The van der Waals surface area contributed by atoms with Crippen LogP contribution in [0.2, 0.25) is 5.02 Å². The van der Waals surface area contributed by atoms with Crippen molar-refractivity contribution in [1.82, 2.24) is 30.2 Å². The van der Waals surface area contributed by atoms with E-state index in [2.05, 4.69) is 39.3 Å². The number of aromatic nitrogens is 6. The lowest BCUT2D eigenvalue weighted by molar-refractivity contribution is 0.445. The van der Waals surface area contributed by atoms with Crippen LogP contribution < -0.4 is 5.56 Å². The zero-order chi connectivity index (χ0) is 16.4. The highest BCUT2D eigenvalue weighted by atomic mass is 35.5. The van der Waals surface area contributed by atoms with E-state index in [1.807, 2.05) is 0 Å². The van der Waals surface area contributed by atoms with Crippen molar-refractivity contribution >= 4 is 34.3 Å². The molecule has 2 heterocycles. The Morgan fingerprint density at radius 3 is 3.00 bits per heavy atom. The number of thioether (sulfide) groups is 1. The molecule has 3 aromatic rings. The van der Waals surface area contributed by atoms with E-state index in [1.165, 1.54) is 11.8 Å². The summed E-state index contributed by atoms with van der Waals surface area (Å²) in [6, 6.07) is 5.07. The van der Waals surface area contributed by atoms with E-state index < -0.39 is 0 Å². The molecule has 120 valence electrons. The number of nitrogens with one attached hydrogen (secondary N) is 1.